The second-order valence-corrected chi connectivity index (χ2v) is 8.60. The average Bonchev–Trinajstić information content (AvgIpc) is 3.14. The minimum atomic E-state index is -0.971. The van der Waals surface area contributed by atoms with Crippen LogP contribution in [-0.2, 0) is 24.2 Å². The summed E-state index contributed by atoms with van der Waals surface area (Å²) in [6.45, 7) is 7.79. The number of aryl methyl sites for hydroxylation is 1. The SMILES string of the molecule is CCCNC(=O)C(C)Cc1ccc2c(c1)c(Cc1ccc(C(=O)O)cc1OC)cn2CCC. The normalized spacial score (nSPS) is 12.0. The lowest BCUT2D eigenvalue weighted by molar-refractivity contribution is -0.124. The average molecular weight is 451 g/mol. The predicted octanol–water partition coefficient (Wildman–Crippen LogP) is 5.05. The molecule has 2 aromatic carbocycles. The molecule has 1 heterocycles. The van der Waals surface area contributed by atoms with Crippen molar-refractivity contribution in [2.45, 2.75) is 53.0 Å². The molecule has 1 amide bonds. The molecule has 176 valence electrons. The van der Waals surface area contributed by atoms with Crippen LogP contribution in [0.15, 0.2) is 42.6 Å². The lowest BCUT2D eigenvalue weighted by atomic mass is 9.97. The number of carbonyl (C=O) groups is 2. The minimum absolute atomic E-state index is 0.0870. The maximum Gasteiger partial charge on any atom is 0.335 e. The number of carbonyl (C=O) groups excluding carboxylic acids is 1. The van der Waals surface area contributed by atoms with Crippen LogP contribution in [0.25, 0.3) is 10.9 Å². The van der Waals surface area contributed by atoms with E-state index in [0.717, 1.165) is 41.5 Å². The van der Waals surface area contributed by atoms with Crippen molar-refractivity contribution in [2.75, 3.05) is 13.7 Å². The lowest BCUT2D eigenvalue weighted by Gasteiger charge is -2.12. The van der Waals surface area contributed by atoms with Crippen molar-refractivity contribution in [3.8, 4) is 5.75 Å². The molecule has 1 atom stereocenters. The smallest absolute Gasteiger partial charge is 0.335 e. The van der Waals surface area contributed by atoms with Gasteiger partial charge in [0.15, 0.2) is 0 Å². The number of carboxylic acid groups (broad SMARTS) is 1. The number of aromatic nitrogens is 1. The first-order valence-corrected chi connectivity index (χ1v) is 11.7. The topological polar surface area (TPSA) is 80.6 Å². The number of rotatable bonds is 11. The Hall–Kier alpha value is -3.28. The molecule has 0 radical (unpaired) electrons. The van der Waals surface area contributed by atoms with E-state index < -0.39 is 5.97 Å². The molecule has 1 unspecified atom stereocenters. The van der Waals surface area contributed by atoms with Crippen molar-refractivity contribution in [1.29, 1.82) is 0 Å². The molecule has 3 rings (SSSR count). The second-order valence-electron chi connectivity index (χ2n) is 8.60. The number of ether oxygens (including phenoxy) is 1. The van der Waals surface area contributed by atoms with Gasteiger partial charge >= 0.3 is 5.97 Å². The maximum atomic E-state index is 12.3. The molecule has 0 aliphatic heterocycles. The number of benzene rings is 2. The summed E-state index contributed by atoms with van der Waals surface area (Å²) in [4.78, 5) is 23.7. The van der Waals surface area contributed by atoms with Crippen LogP contribution in [0, 0.1) is 5.92 Å². The fourth-order valence-electron chi connectivity index (χ4n) is 4.21. The third-order valence-corrected chi connectivity index (χ3v) is 5.95. The van der Waals surface area contributed by atoms with Crippen LogP contribution in [0.3, 0.4) is 0 Å². The zero-order valence-corrected chi connectivity index (χ0v) is 20.0. The first-order valence-electron chi connectivity index (χ1n) is 11.7. The molecular weight excluding hydrogens is 416 g/mol. The monoisotopic (exact) mass is 450 g/mol. The highest BCUT2D eigenvalue weighted by atomic mass is 16.5. The number of aromatic carboxylic acids is 1. The Labute approximate surface area is 195 Å². The number of nitrogens with zero attached hydrogens (tertiary/aromatic N) is 1. The van der Waals surface area contributed by atoms with Crippen LogP contribution in [-0.4, -0.2) is 35.2 Å². The van der Waals surface area contributed by atoms with Gasteiger partial charge in [-0.15, -0.1) is 0 Å². The van der Waals surface area contributed by atoms with Crippen LogP contribution in [0.4, 0.5) is 0 Å². The van der Waals surface area contributed by atoms with Crippen molar-refractivity contribution in [2.24, 2.45) is 5.92 Å². The van der Waals surface area contributed by atoms with Crippen molar-refractivity contribution in [3.63, 3.8) is 0 Å². The van der Waals surface area contributed by atoms with Crippen LogP contribution >= 0.6 is 0 Å². The summed E-state index contributed by atoms with van der Waals surface area (Å²) in [6, 6.07) is 11.5. The van der Waals surface area contributed by atoms with Crippen molar-refractivity contribution < 1.29 is 19.4 Å². The van der Waals surface area contributed by atoms with Gasteiger partial charge < -0.3 is 19.7 Å². The first-order chi connectivity index (χ1) is 15.9. The molecule has 0 aliphatic rings. The first kappa shape index (κ1) is 24.4. The van der Waals surface area contributed by atoms with Crippen LogP contribution in [0.1, 0.15) is 60.7 Å². The molecule has 33 heavy (non-hydrogen) atoms. The van der Waals surface area contributed by atoms with Gasteiger partial charge in [0.1, 0.15) is 5.75 Å². The zero-order valence-electron chi connectivity index (χ0n) is 20.0. The van der Waals surface area contributed by atoms with E-state index in [1.807, 2.05) is 19.9 Å². The zero-order chi connectivity index (χ0) is 24.0. The molecule has 0 spiro atoms. The fraction of sp³-hybridized carbons (Fsp3) is 0.407. The summed E-state index contributed by atoms with van der Waals surface area (Å²) < 4.78 is 7.76. The number of hydrogen-bond donors (Lipinski definition) is 2. The summed E-state index contributed by atoms with van der Waals surface area (Å²) in [5.41, 5.74) is 4.60. The standard InChI is InChI=1S/C27H34N2O4/c1-5-11-28-26(30)18(3)13-19-7-10-24-23(14-19)22(17-29(24)12-6-2)15-20-8-9-21(27(31)32)16-25(20)33-4/h7-10,14,16-18H,5-6,11-13,15H2,1-4H3,(H,28,30)(H,31,32). The van der Waals surface area contributed by atoms with Gasteiger partial charge in [0.25, 0.3) is 0 Å². The van der Waals surface area contributed by atoms with Crippen LogP contribution in [0.2, 0.25) is 0 Å². The van der Waals surface area contributed by atoms with Gasteiger partial charge in [0.2, 0.25) is 5.91 Å². The van der Waals surface area contributed by atoms with Gasteiger partial charge in [0, 0.05) is 42.5 Å². The maximum absolute atomic E-state index is 12.3. The Bertz CT molecular complexity index is 1130. The van der Waals surface area contributed by atoms with E-state index >= 15 is 0 Å². The van der Waals surface area contributed by atoms with Gasteiger partial charge in [-0.25, -0.2) is 4.79 Å². The Morgan fingerprint density at radius 2 is 1.88 bits per heavy atom. The third-order valence-electron chi connectivity index (χ3n) is 5.95. The summed E-state index contributed by atoms with van der Waals surface area (Å²) in [5.74, 6) is -0.410. The van der Waals surface area contributed by atoms with E-state index in [4.69, 9.17) is 4.74 Å². The van der Waals surface area contributed by atoms with E-state index in [1.54, 1.807) is 19.2 Å². The van der Waals surface area contributed by atoms with E-state index in [-0.39, 0.29) is 17.4 Å². The number of fused-ring (bicyclic) bond motifs is 1. The van der Waals surface area contributed by atoms with Gasteiger partial charge in [-0.05, 0) is 60.2 Å². The molecule has 0 saturated heterocycles. The highest BCUT2D eigenvalue weighted by Gasteiger charge is 2.16. The van der Waals surface area contributed by atoms with Gasteiger partial charge in [-0.1, -0.05) is 32.9 Å². The molecule has 0 bridgehead atoms. The molecule has 6 heteroatoms. The molecule has 6 nitrogen and oxygen atoms in total. The van der Waals surface area contributed by atoms with E-state index in [1.165, 1.54) is 5.52 Å². The Morgan fingerprint density at radius 1 is 1.09 bits per heavy atom. The number of nitrogens with one attached hydrogen (secondary N) is 1. The number of methoxy groups -OCH3 is 1. The molecule has 2 N–H and O–H groups in total. The Kier molecular flexibility index (Phi) is 8.15. The summed E-state index contributed by atoms with van der Waals surface area (Å²) in [5, 5.41) is 13.4. The highest BCUT2D eigenvalue weighted by molar-refractivity contribution is 5.88. The van der Waals surface area contributed by atoms with Crippen molar-refractivity contribution >= 4 is 22.8 Å². The van der Waals surface area contributed by atoms with Crippen LogP contribution < -0.4 is 10.1 Å². The summed E-state index contributed by atoms with van der Waals surface area (Å²) >= 11 is 0. The molecular formula is C27H34N2O4. The molecule has 0 fully saturated rings. The molecule has 0 aliphatic carbocycles. The number of amides is 1. The van der Waals surface area contributed by atoms with Crippen LogP contribution in [0.5, 0.6) is 5.75 Å². The highest BCUT2D eigenvalue weighted by Crippen LogP contribution is 2.30. The van der Waals surface area contributed by atoms with E-state index in [2.05, 4.69) is 41.2 Å². The van der Waals surface area contributed by atoms with Crippen molar-refractivity contribution in [3.05, 3.63) is 64.8 Å². The lowest BCUT2D eigenvalue weighted by Crippen LogP contribution is -2.30. The Balaban J connectivity index is 1.95. The van der Waals surface area contributed by atoms with E-state index in [9.17, 15) is 14.7 Å². The van der Waals surface area contributed by atoms with E-state index in [0.29, 0.717) is 25.1 Å². The van der Waals surface area contributed by atoms with Crippen molar-refractivity contribution in [1.82, 2.24) is 9.88 Å². The van der Waals surface area contributed by atoms with Gasteiger partial charge in [-0.2, -0.15) is 0 Å². The largest absolute Gasteiger partial charge is 0.496 e. The molecule has 0 saturated carbocycles. The Morgan fingerprint density at radius 3 is 2.55 bits per heavy atom. The number of carboxylic acids is 1. The minimum Gasteiger partial charge on any atom is -0.496 e. The molecule has 1 aromatic heterocycles. The van der Waals surface area contributed by atoms with Gasteiger partial charge in [-0.3, -0.25) is 4.79 Å². The second kappa shape index (κ2) is 11.0. The number of hydrogen-bond acceptors (Lipinski definition) is 3. The summed E-state index contributed by atoms with van der Waals surface area (Å²) in [6.07, 6.45) is 5.44. The quantitative estimate of drug-likeness (QED) is 0.428. The fourth-order valence-corrected chi connectivity index (χ4v) is 4.21. The summed E-state index contributed by atoms with van der Waals surface area (Å²) in [7, 11) is 1.56. The van der Waals surface area contributed by atoms with Gasteiger partial charge in [0.05, 0.1) is 12.7 Å². The predicted molar refractivity (Wildman–Crippen MR) is 131 cm³/mol. The molecule has 3 aromatic rings. The third kappa shape index (κ3) is 5.75.